The molecule has 2 aromatic rings. The van der Waals surface area contributed by atoms with E-state index in [9.17, 15) is 13.5 Å². The van der Waals surface area contributed by atoms with E-state index < -0.39 is 10.0 Å². The summed E-state index contributed by atoms with van der Waals surface area (Å²) in [6, 6.07) is 12.1. The summed E-state index contributed by atoms with van der Waals surface area (Å²) in [5.74, 6) is 0.350. The predicted octanol–water partition coefficient (Wildman–Crippen LogP) is 3.41. The van der Waals surface area contributed by atoms with Gasteiger partial charge in [-0.3, -0.25) is 4.72 Å². The van der Waals surface area contributed by atoms with E-state index in [1.807, 2.05) is 19.1 Å². The minimum atomic E-state index is -3.66. The number of aryl methyl sites for hydroxylation is 1. The summed E-state index contributed by atoms with van der Waals surface area (Å²) in [6.07, 6.45) is 0. The molecule has 5 heteroatoms. The van der Waals surface area contributed by atoms with Gasteiger partial charge in [0, 0.05) is 5.56 Å². The van der Waals surface area contributed by atoms with Gasteiger partial charge in [-0.2, -0.15) is 0 Å². The van der Waals surface area contributed by atoms with Crippen LogP contribution in [0.15, 0.2) is 47.4 Å². The molecule has 0 spiro atoms. The van der Waals surface area contributed by atoms with Crippen LogP contribution in [0.4, 0.5) is 5.69 Å². The van der Waals surface area contributed by atoms with Crippen molar-refractivity contribution in [3.05, 3.63) is 59.2 Å². The highest BCUT2D eigenvalue weighted by atomic mass is 32.2. The van der Waals surface area contributed by atoms with Crippen LogP contribution in [0.1, 0.15) is 36.5 Å². The summed E-state index contributed by atoms with van der Waals surface area (Å²) in [5, 5.41) is 9.37. The second-order valence-corrected chi connectivity index (χ2v) is 7.33. The number of nitrogens with one attached hydrogen (secondary N) is 1. The number of hydrogen-bond acceptors (Lipinski definition) is 3. The fraction of sp³-hybridized carbons (Fsp3) is 0.294. The Labute approximate surface area is 131 Å². The van der Waals surface area contributed by atoms with Crippen LogP contribution < -0.4 is 4.72 Å². The van der Waals surface area contributed by atoms with E-state index >= 15 is 0 Å². The Bertz CT molecular complexity index is 750. The van der Waals surface area contributed by atoms with Crippen LogP contribution in [0.3, 0.4) is 0 Å². The van der Waals surface area contributed by atoms with E-state index in [1.165, 1.54) is 0 Å². The zero-order valence-electron chi connectivity index (χ0n) is 13.0. The Morgan fingerprint density at radius 3 is 2.27 bits per heavy atom. The van der Waals surface area contributed by atoms with Gasteiger partial charge in [0.25, 0.3) is 10.0 Å². The van der Waals surface area contributed by atoms with E-state index in [0.717, 1.165) is 11.1 Å². The molecule has 0 amide bonds. The Morgan fingerprint density at radius 1 is 1.09 bits per heavy atom. The maximum Gasteiger partial charge on any atom is 0.261 e. The first-order valence-electron chi connectivity index (χ1n) is 7.16. The maximum absolute atomic E-state index is 12.4. The number of aliphatic hydroxyl groups is 1. The molecule has 118 valence electrons. The quantitative estimate of drug-likeness (QED) is 0.887. The molecule has 2 aromatic carbocycles. The van der Waals surface area contributed by atoms with Crippen molar-refractivity contribution in [2.45, 2.75) is 38.2 Å². The molecule has 0 aliphatic heterocycles. The molecule has 22 heavy (non-hydrogen) atoms. The molecule has 0 unspecified atom stereocenters. The molecule has 0 heterocycles. The third kappa shape index (κ3) is 3.67. The Morgan fingerprint density at radius 2 is 1.73 bits per heavy atom. The van der Waals surface area contributed by atoms with Crippen molar-refractivity contribution in [3.8, 4) is 0 Å². The van der Waals surface area contributed by atoms with Gasteiger partial charge < -0.3 is 5.11 Å². The number of aliphatic hydroxyl groups excluding tert-OH is 1. The van der Waals surface area contributed by atoms with Gasteiger partial charge in [-0.05, 0) is 36.6 Å². The van der Waals surface area contributed by atoms with E-state index in [0.29, 0.717) is 17.2 Å². The normalized spacial score (nSPS) is 11.7. The van der Waals surface area contributed by atoms with Gasteiger partial charge in [-0.15, -0.1) is 0 Å². The van der Waals surface area contributed by atoms with Crippen molar-refractivity contribution >= 4 is 15.7 Å². The zero-order valence-corrected chi connectivity index (χ0v) is 13.8. The molecule has 0 bridgehead atoms. The molecule has 2 rings (SSSR count). The third-order valence-electron chi connectivity index (χ3n) is 3.53. The number of rotatable bonds is 5. The molecule has 0 fully saturated rings. The van der Waals surface area contributed by atoms with E-state index in [4.69, 9.17) is 0 Å². The standard InChI is InChI=1S/C17H21NO3S/c1-12(2)14-5-7-16(8-6-14)22(20,21)18-17-9-4-13(3)10-15(17)11-19/h4-10,12,18-19H,11H2,1-3H3. The van der Waals surface area contributed by atoms with Crippen molar-refractivity contribution in [3.63, 3.8) is 0 Å². The fourth-order valence-electron chi connectivity index (χ4n) is 2.19. The summed E-state index contributed by atoms with van der Waals surface area (Å²) in [7, 11) is -3.66. The molecule has 4 nitrogen and oxygen atoms in total. The maximum atomic E-state index is 12.4. The van der Waals surface area contributed by atoms with Crippen LogP contribution in [0.2, 0.25) is 0 Å². The lowest BCUT2D eigenvalue weighted by atomic mass is 10.0. The van der Waals surface area contributed by atoms with Crippen molar-refractivity contribution < 1.29 is 13.5 Å². The second kappa shape index (κ2) is 6.50. The second-order valence-electron chi connectivity index (χ2n) is 5.65. The molecule has 0 radical (unpaired) electrons. The highest BCUT2D eigenvalue weighted by molar-refractivity contribution is 7.92. The molecular formula is C17H21NO3S. The van der Waals surface area contributed by atoms with Crippen LogP contribution in [0, 0.1) is 6.92 Å². The molecule has 0 saturated carbocycles. The lowest BCUT2D eigenvalue weighted by molar-refractivity contribution is 0.282. The molecule has 0 aliphatic rings. The first kappa shape index (κ1) is 16.5. The Kier molecular flexibility index (Phi) is 4.88. The molecule has 2 N–H and O–H groups in total. The number of anilines is 1. The first-order chi connectivity index (χ1) is 10.3. The Hall–Kier alpha value is -1.85. The lowest BCUT2D eigenvalue weighted by Gasteiger charge is -2.13. The van der Waals surface area contributed by atoms with E-state index in [1.54, 1.807) is 30.3 Å². The van der Waals surface area contributed by atoms with Gasteiger partial charge in [0.15, 0.2) is 0 Å². The van der Waals surface area contributed by atoms with Gasteiger partial charge in [0.1, 0.15) is 0 Å². The highest BCUT2D eigenvalue weighted by Gasteiger charge is 2.16. The van der Waals surface area contributed by atoms with Crippen LogP contribution in [-0.4, -0.2) is 13.5 Å². The molecule has 0 aliphatic carbocycles. The van der Waals surface area contributed by atoms with Crippen molar-refractivity contribution in [2.24, 2.45) is 0 Å². The largest absolute Gasteiger partial charge is 0.392 e. The SMILES string of the molecule is Cc1ccc(NS(=O)(=O)c2ccc(C(C)C)cc2)c(CO)c1. The summed E-state index contributed by atoms with van der Waals surface area (Å²) in [6.45, 7) is 5.79. The van der Waals surface area contributed by atoms with Gasteiger partial charge in [0.05, 0.1) is 17.2 Å². The smallest absolute Gasteiger partial charge is 0.261 e. The van der Waals surface area contributed by atoms with Crippen LogP contribution in [0.25, 0.3) is 0 Å². The minimum absolute atomic E-state index is 0.210. The van der Waals surface area contributed by atoms with Crippen molar-refractivity contribution in [2.75, 3.05) is 4.72 Å². The molecule has 0 saturated heterocycles. The molecular weight excluding hydrogens is 298 g/mol. The van der Waals surface area contributed by atoms with Crippen LogP contribution in [-0.2, 0) is 16.6 Å². The highest BCUT2D eigenvalue weighted by Crippen LogP contribution is 2.23. The van der Waals surface area contributed by atoms with Crippen molar-refractivity contribution in [1.82, 2.24) is 0 Å². The molecule has 0 aromatic heterocycles. The number of hydrogen-bond donors (Lipinski definition) is 2. The lowest BCUT2D eigenvalue weighted by Crippen LogP contribution is -2.14. The van der Waals surface area contributed by atoms with Crippen LogP contribution in [0.5, 0.6) is 0 Å². The van der Waals surface area contributed by atoms with Crippen LogP contribution >= 0.6 is 0 Å². The summed E-state index contributed by atoms with van der Waals surface area (Å²) in [4.78, 5) is 0.210. The average molecular weight is 319 g/mol. The average Bonchev–Trinajstić information content (AvgIpc) is 2.49. The number of sulfonamides is 1. The Balaban J connectivity index is 2.31. The summed E-state index contributed by atoms with van der Waals surface area (Å²) in [5.41, 5.74) is 3.02. The van der Waals surface area contributed by atoms with E-state index in [2.05, 4.69) is 18.6 Å². The zero-order chi connectivity index (χ0) is 16.3. The van der Waals surface area contributed by atoms with Gasteiger partial charge in [-0.1, -0.05) is 43.7 Å². The van der Waals surface area contributed by atoms with Gasteiger partial charge in [0.2, 0.25) is 0 Å². The topological polar surface area (TPSA) is 66.4 Å². The van der Waals surface area contributed by atoms with Crippen molar-refractivity contribution in [1.29, 1.82) is 0 Å². The van der Waals surface area contributed by atoms with Gasteiger partial charge in [-0.25, -0.2) is 8.42 Å². The van der Waals surface area contributed by atoms with Gasteiger partial charge >= 0.3 is 0 Å². The molecule has 0 atom stereocenters. The predicted molar refractivity (Wildman–Crippen MR) is 88.4 cm³/mol. The minimum Gasteiger partial charge on any atom is -0.392 e. The fourth-order valence-corrected chi connectivity index (χ4v) is 3.29. The third-order valence-corrected chi connectivity index (χ3v) is 4.91. The number of benzene rings is 2. The first-order valence-corrected chi connectivity index (χ1v) is 8.65. The summed E-state index contributed by atoms with van der Waals surface area (Å²) >= 11 is 0. The van der Waals surface area contributed by atoms with E-state index in [-0.39, 0.29) is 11.5 Å². The summed E-state index contributed by atoms with van der Waals surface area (Å²) < 4.78 is 27.4. The monoisotopic (exact) mass is 319 g/mol.